The van der Waals surface area contributed by atoms with Crippen LogP contribution in [-0.2, 0) is 13.0 Å². The molecule has 5 nitrogen and oxygen atoms in total. The number of Topliss-reactive ketones (excluding diaryl/α,β-unsaturated/α-hetero) is 1. The zero-order valence-corrected chi connectivity index (χ0v) is 15.5. The second-order valence-electron chi connectivity index (χ2n) is 6.57. The lowest BCUT2D eigenvalue weighted by Gasteiger charge is -2.13. The number of ketones is 1. The van der Waals surface area contributed by atoms with E-state index in [1.165, 1.54) is 12.1 Å². The zero-order chi connectivity index (χ0) is 20.1. The molecule has 2 aromatic heterocycles. The van der Waals surface area contributed by atoms with E-state index in [0.29, 0.717) is 11.3 Å². The van der Waals surface area contributed by atoms with Gasteiger partial charge in [0.15, 0.2) is 5.78 Å². The van der Waals surface area contributed by atoms with Crippen LogP contribution in [-0.4, -0.2) is 21.0 Å². The summed E-state index contributed by atoms with van der Waals surface area (Å²) in [6.45, 7) is 0.235. The Kier molecular flexibility index (Phi) is 5.42. The van der Waals surface area contributed by atoms with Crippen molar-refractivity contribution in [2.24, 2.45) is 0 Å². The van der Waals surface area contributed by atoms with E-state index in [1.807, 2.05) is 18.2 Å². The predicted molar refractivity (Wildman–Crippen MR) is 107 cm³/mol. The molecule has 0 aliphatic heterocycles. The maximum atomic E-state index is 13.1. The molecule has 29 heavy (non-hydrogen) atoms. The molecule has 0 saturated carbocycles. The Morgan fingerprint density at radius 2 is 1.86 bits per heavy atom. The van der Waals surface area contributed by atoms with E-state index < -0.39 is 0 Å². The number of ether oxygens (including phenoxy) is 1. The van der Waals surface area contributed by atoms with E-state index in [2.05, 4.69) is 15.2 Å². The number of rotatable bonds is 7. The molecule has 4 aromatic rings. The van der Waals surface area contributed by atoms with Gasteiger partial charge in [-0.25, -0.2) is 4.39 Å². The van der Waals surface area contributed by atoms with Crippen LogP contribution >= 0.6 is 0 Å². The van der Waals surface area contributed by atoms with E-state index in [9.17, 15) is 9.18 Å². The average molecular weight is 387 g/mol. The summed E-state index contributed by atoms with van der Waals surface area (Å²) in [6.07, 6.45) is 7.03. The number of aromatic nitrogens is 3. The van der Waals surface area contributed by atoms with Gasteiger partial charge < -0.3 is 4.74 Å². The number of H-pyrrole nitrogens is 1. The van der Waals surface area contributed by atoms with Crippen LogP contribution in [0.25, 0.3) is 11.1 Å². The lowest BCUT2D eigenvalue weighted by atomic mass is 9.99. The van der Waals surface area contributed by atoms with Crippen molar-refractivity contribution < 1.29 is 13.9 Å². The molecule has 0 fully saturated rings. The number of hydrogen-bond donors (Lipinski definition) is 1. The van der Waals surface area contributed by atoms with Gasteiger partial charge in [0.2, 0.25) is 0 Å². The molecule has 0 atom stereocenters. The van der Waals surface area contributed by atoms with Crippen molar-refractivity contribution in [2.45, 2.75) is 13.0 Å². The third kappa shape index (κ3) is 4.55. The van der Waals surface area contributed by atoms with Crippen LogP contribution in [0.1, 0.15) is 21.5 Å². The highest BCUT2D eigenvalue weighted by atomic mass is 19.1. The molecular weight excluding hydrogens is 369 g/mol. The third-order valence-electron chi connectivity index (χ3n) is 4.51. The highest BCUT2D eigenvalue weighted by molar-refractivity contribution is 6.01. The van der Waals surface area contributed by atoms with Gasteiger partial charge in [-0.1, -0.05) is 24.3 Å². The molecule has 0 aliphatic rings. The fraction of sp³-hybridized carbons (Fsp3) is 0.0870. The Morgan fingerprint density at radius 3 is 2.59 bits per heavy atom. The van der Waals surface area contributed by atoms with E-state index in [4.69, 9.17) is 4.74 Å². The molecule has 4 rings (SSSR count). The van der Waals surface area contributed by atoms with Gasteiger partial charge >= 0.3 is 0 Å². The summed E-state index contributed by atoms with van der Waals surface area (Å²) in [6, 6.07) is 15.2. The van der Waals surface area contributed by atoms with Crippen LogP contribution in [0.15, 0.2) is 79.4 Å². The summed E-state index contributed by atoms with van der Waals surface area (Å²) in [5, 5.41) is 6.74. The molecule has 2 heterocycles. The minimum Gasteiger partial charge on any atom is -0.488 e. The molecule has 1 N–H and O–H groups in total. The van der Waals surface area contributed by atoms with Gasteiger partial charge in [0.25, 0.3) is 0 Å². The van der Waals surface area contributed by atoms with Crippen LogP contribution in [0, 0.1) is 5.82 Å². The van der Waals surface area contributed by atoms with Crippen molar-refractivity contribution in [1.82, 2.24) is 15.2 Å². The van der Waals surface area contributed by atoms with Gasteiger partial charge in [-0.15, -0.1) is 0 Å². The molecule has 0 spiro atoms. The van der Waals surface area contributed by atoms with Gasteiger partial charge in [0, 0.05) is 30.6 Å². The van der Waals surface area contributed by atoms with Crippen LogP contribution in [0.2, 0.25) is 0 Å². The Labute approximate surface area is 167 Å². The first-order chi connectivity index (χ1) is 14.2. The first kappa shape index (κ1) is 18.6. The number of aromatic amines is 1. The number of nitrogens with one attached hydrogen (secondary N) is 1. The van der Waals surface area contributed by atoms with Crippen molar-refractivity contribution in [3.63, 3.8) is 0 Å². The molecule has 0 bridgehead atoms. The largest absolute Gasteiger partial charge is 0.488 e. The summed E-state index contributed by atoms with van der Waals surface area (Å²) in [4.78, 5) is 17.1. The van der Waals surface area contributed by atoms with Crippen molar-refractivity contribution in [3.8, 4) is 16.9 Å². The number of halogens is 1. The van der Waals surface area contributed by atoms with Crippen molar-refractivity contribution in [2.75, 3.05) is 0 Å². The van der Waals surface area contributed by atoms with Crippen LogP contribution in [0.3, 0.4) is 0 Å². The van der Waals surface area contributed by atoms with Gasteiger partial charge in [-0.2, -0.15) is 5.10 Å². The van der Waals surface area contributed by atoms with Gasteiger partial charge in [0.05, 0.1) is 11.8 Å². The quantitative estimate of drug-likeness (QED) is 0.470. The van der Waals surface area contributed by atoms with Crippen LogP contribution in [0.4, 0.5) is 4.39 Å². The van der Waals surface area contributed by atoms with Gasteiger partial charge in [-0.05, 0) is 47.0 Å². The average Bonchev–Trinajstić information content (AvgIpc) is 3.29. The number of nitrogens with zero attached hydrogens (tertiary/aromatic N) is 2. The van der Waals surface area contributed by atoms with Crippen molar-refractivity contribution >= 4 is 5.78 Å². The zero-order valence-electron chi connectivity index (χ0n) is 15.5. The number of carbonyl (C=O) groups excluding carboxylic acids is 1. The highest BCUT2D eigenvalue weighted by Gasteiger charge is 2.16. The topological polar surface area (TPSA) is 67.9 Å². The van der Waals surface area contributed by atoms with E-state index in [0.717, 1.165) is 22.3 Å². The molecular formula is C23H18FN3O2. The number of pyridine rings is 1. The highest BCUT2D eigenvalue weighted by Crippen LogP contribution is 2.28. The monoisotopic (exact) mass is 387 g/mol. The van der Waals surface area contributed by atoms with Gasteiger partial charge in [0.1, 0.15) is 18.2 Å². The summed E-state index contributed by atoms with van der Waals surface area (Å²) in [5.41, 5.74) is 3.87. The molecule has 0 aliphatic carbocycles. The Bertz CT molecular complexity index is 1090. The fourth-order valence-corrected chi connectivity index (χ4v) is 2.99. The Balaban J connectivity index is 1.62. The smallest absolute Gasteiger partial charge is 0.171 e. The van der Waals surface area contributed by atoms with Crippen LogP contribution in [0.5, 0.6) is 5.75 Å². The number of hydrogen-bond acceptors (Lipinski definition) is 4. The van der Waals surface area contributed by atoms with E-state index in [-0.39, 0.29) is 24.6 Å². The second kappa shape index (κ2) is 8.48. The Morgan fingerprint density at radius 1 is 1.00 bits per heavy atom. The predicted octanol–water partition coefficient (Wildman–Crippen LogP) is 4.62. The van der Waals surface area contributed by atoms with Crippen molar-refractivity contribution in [3.05, 3.63) is 102 Å². The second-order valence-corrected chi connectivity index (χ2v) is 6.57. The minimum absolute atomic E-state index is 0.0718. The fourth-order valence-electron chi connectivity index (χ4n) is 2.99. The lowest BCUT2D eigenvalue weighted by molar-refractivity contribution is 0.0988. The standard InChI is InChI=1S/C23H18FN3O2/c24-20-6-3-16(4-7-20)15-29-23-8-5-18(19-13-26-27-14-19)11-21(23)22(28)10-17-2-1-9-25-12-17/h1-9,11-14H,10,15H2,(H,26,27). The Hall–Kier alpha value is -3.80. The first-order valence-electron chi connectivity index (χ1n) is 9.11. The molecule has 2 aromatic carbocycles. The van der Waals surface area contributed by atoms with E-state index >= 15 is 0 Å². The molecule has 0 amide bonds. The third-order valence-corrected chi connectivity index (χ3v) is 4.51. The summed E-state index contributed by atoms with van der Waals surface area (Å²) in [7, 11) is 0. The maximum absolute atomic E-state index is 13.1. The normalized spacial score (nSPS) is 10.7. The number of benzene rings is 2. The molecule has 6 heteroatoms. The van der Waals surface area contributed by atoms with Crippen molar-refractivity contribution in [1.29, 1.82) is 0 Å². The molecule has 144 valence electrons. The summed E-state index contributed by atoms with van der Waals surface area (Å²) >= 11 is 0. The molecule has 0 saturated heterocycles. The van der Waals surface area contributed by atoms with Gasteiger partial charge in [-0.3, -0.25) is 14.9 Å². The van der Waals surface area contributed by atoms with Crippen LogP contribution < -0.4 is 4.74 Å². The first-order valence-corrected chi connectivity index (χ1v) is 9.11. The minimum atomic E-state index is -0.300. The number of carbonyl (C=O) groups is 1. The SMILES string of the molecule is O=C(Cc1cccnc1)c1cc(-c2cn[nH]c2)ccc1OCc1ccc(F)cc1. The molecule has 0 radical (unpaired) electrons. The van der Waals surface area contributed by atoms with E-state index in [1.54, 1.807) is 49.1 Å². The maximum Gasteiger partial charge on any atom is 0.171 e. The summed E-state index contributed by atoms with van der Waals surface area (Å²) in [5.74, 6) is 0.110. The molecule has 0 unspecified atom stereocenters. The summed E-state index contributed by atoms with van der Waals surface area (Å²) < 4.78 is 19.0. The lowest BCUT2D eigenvalue weighted by Crippen LogP contribution is -2.08.